The molecule has 2 unspecified atom stereocenters. The molecule has 0 fully saturated rings. The topological polar surface area (TPSA) is 38.3 Å². The Balaban J connectivity index is 2.35. The zero-order valence-corrected chi connectivity index (χ0v) is 14.4. The molecule has 2 rings (SSSR count). The number of hydrogen-bond acceptors (Lipinski definition) is 3. The fourth-order valence-electron chi connectivity index (χ4n) is 2.51. The van der Waals surface area contributed by atoms with Crippen molar-refractivity contribution in [3.8, 4) is 0 Å². The summed E-state index contributed by atoms with van der Waals surface area (Å²) >= 11 is 5.96. The van der Waals surface area contributed by atoms with Crippen molar-refractivity contribution in [2.24, 2.45) is 0 Å². The fraction of sp³-hybridized carbons (Fsp3) is 0.316. The molecule has 0 aliphatic heterocycles. The summed E-state index contributed by atoms with van der Waals surface area (Å²) in [5.74, 6) is -0.0337. The third kappa shape index (κ3) is 4.64. The Kier molecular flexibility index (Phi) is 6.34. The molecule has 3 nitrogen and oxygen atoms in total. The first-order chi connectivity index (χ1) is 11.0. The van der Waals surface area contributed by atoms with E-state index in [4.69, 9.17) is 16.3 Å². The van der Waals surface area contributed by atoms with Crippen LogP contribution in [0.25, 0.3) is 0 Å². The SMILES string of the molecule is CNC(c1ccc(Cl)cc1)C(OC(C)C)C(=O)c1ccccc1. The van der Waals surface area contributed by atoms with Crippen molar-refractivity contribution in [3.05, 3.63) is 70.7 Å². The minimum atomic E-state index is -0.608. The van der Waals surface area contributed by atoms with E-state index >= 15 is 0 Å². The first-order valence-electron chi connectivity index (χ1n) is 7.70. The zero-order valence-electron chi connectivity index (χ0n) is 13.6. The second-order valence-corrected chi connectivity index (χ2v) is 6.09. The highest BCUT2D eigenvalue weighted by Gasteiger charge is 2.31. The molecule has 0 saturated carbocycles. The summed E-state index contributed by atoms with van der Waals surface area (Å²) < 4.78 is 5.96. The van der Waals surface area contributed by atoms with Crippen molar-refractivity contribution in [2.75, 3.05) is 7.05 Å². The highest BCUT2D eigenvalue weighted by molar-refractivity contribution is 6.30. The Morgan fingerprint density at radius 2 is 1.65 bits per heavy atom. The van der Waals surface area contributed by atoms with Gasteiger partial charge in [0.15, 0.2) is 5.78 Å². The van der Waals surface area contributed by atoms with Crippen LogP contribution in [-0.2, 0) is 4.74 Å². The average molecular weight is 332 g/mol. The van der Waals surface area contributed by atoms with E-state index in [1.165, 1.54) is 0 Å². The van der Waals surface area contributed by atoms with Gasteiger partial charge in [-0.05, 0) is 38.6 Å². The molecule has 23 heavy (non-hydrogen) atoms. The van der Waals surface area contributed by atoms with Crippen molar-refractivity contribution in [3.63, 3.8) is 0 Å². The number of ether oxygens (including phenoxy) is 1. The van der Waals surface area contributed by atoms with Crippen LogP contribution in [0.1, 0.15) is 35.8 Å². The summed E-state index contributed by atoms with van der Waals surface area (Å²) in [5, 5.41) is 3.87. The molecule has 0 bridgehead atoms. The molecule has 0 aliphatic rings. The van der Waals surface area contributed by atoms with Crippen LogP contribution in [0.5, 0.6) is 0 Å². The molecule has 0 spiro atoms. The predicted molar refractivity (Wildman–Crippen MR) is 94.0 cm³/mol. The van der Waals surface area contributed by atoms with Crippen LogP contribution in [0.4, 0.5) is 0 Å². The van der Waals surface area contributed by atoms with Gasteiger partial charge in [-0.25, -0.2) is 0 Å². The van der Waals surface area contributed by atoms with Gasteiger partial charge in [0.05, 0.1) is 12.1 Å². The number of nitrogens with one attached hydrogen (secondary N) is 1. The monoisotopic (exact) mass is 331 g/mol. The van der Waals surface area contributed by atoms with Crippen LogP contribution in [-0.4, -0.2) is 25.0 Å². The van der Waals surface area contributed by atoms with Crippen molar-refractivity contribution in [1.82, 2.24) is 5.32 Å². The predicted octanol–water partition coefficient (Wildman–Crippen LogP) is 4.28. The highest BCUT2D eigenvalue weighted by atomic mass is 35.5. The summed E-state index contributed by atoms with van der Waals surface area (Å²) in [6.45, 7) is 3.86. The first kappa shape index (κ1) is 17.7. The van der Waals surface area contributed by atoms with Crippen molar-refractivity contribution < 1.29 is 9.53 Å². The maximum absolute atomic E-state index is 12.9. The minimum Gasteiger partial charge on any atom is -0.365 e. The third-order valence-corrected chi connectivity index (χ3v) is 3.83. The van der Waals surface area contributed by atoms with E-state index in [1.807, 2.05) is 75.5 Å². The Labute approximate surface area is 142 Å². The summed E-state index contributed by atoms with van der Waals surface area (Å²) in [5.41, 5.74) is 1.61. The van der Waals surface area contributed by atoms with E-state index in [0.29, 0.717) is 10.6 Å². The van der Waals surface area contributed by atoms with E-state index in [1.54, 1.807) is 0 Å². The molecule has 0 amide bonds. The lowest BCUT2D eigenvalue weighted by atomic mass is 9.94. The van der Waals surface area contributed by atoms with E-state index in [0.717, 1.165) is 5.56 Å². The number of carbonyl (C=O) groups is 1. The van der Waals surface area contributed by atoms with Crippen LogP contribution in [0.2, 0.25) is 5.02 Å². The summed E-state index contributed by atoms with van der Waals surface area (Å²) in [6, 6.07) is 16.5. The number of carbonyl (C=O) groups excluding carboxylic acids is 1. The van der Waals surface area contributed by atoms with E-state index < -0.39 is 6.10 Å². The molecule has 0 saturated heterocycles. The molecule has 2 atom stereocenters. The van der Waals surface area contributed by atoms with Gasteiger partial charge in [0.25, 0.3) is 0 Å². The average Bonchev–Trinajstić information content (AvgIpc) is 2.56. The largest absolute Gasteiger partial charge is 0.365 e. The number of benzene rings is 2. The Morgan fingerprint density at radius 3 is 2.17 bits per heavy atom. The lowest BCUT2D eigenvalue weighted by Gasteiger charge is -2.28. The van der Waals surface area contributed by atoms with E-state index in [-0.39, 0.29) is 17.9 Å². The van der Waals surface area contributed by atoms with Crippen molar-refractivity contribution in [1.29, 1.82) is 0 Å². The van der Waals surface area contributed by atoms with Crippen LogP contribution in [0, 0.1) is 0 Å². The van der Waals surface area contributed by atoms with Gasteiger partial charge in [-0.3, -0.25) is 4.79 Å². The van der Waals surface area contributed by atoms with Gasteiger partial charge in [0, 0.05) is 10.6 Å². The Bertz CT molecular complexity index is 626. The van der Waals surface area contributed by atoms with Gasteiger partial charge in [-0.15, -0.1) is 0 Å². The van der Waals surface area contributed by atoms with Crippen LogP contribution >= 0.6 is 11.6 Å². The number of likely N-dealkylation sites (N-methyl/N-ethyl adjacent to an activating group) is 1. The van der Waals surface area contributed by atoms with Crippen molar-refractivity contribution in [2.45, 2.75) is 32.1 Å². The molecule has 1 N–H and O–H groups in total. The summed E-state index contributed by atoms with van der Waals surface area (Å²) in [7, 11) is 1.83. The summed E-state index contributed by atoms with van der Waals surface area (Å²) in [6.07, 6.45) is -0.667. The lowest BCUT2D eigenvalue weighted by Crippen LogP contribution is -2.39. The minimum absolute atomic E-state index is 0.0337. The molecule has 0 radical (unpaired) electrons. The molecule has 122 valence electrons. The van der Waals surface area contributed by atoms with Gasteiger partial charge in [-0.1, -0.05) is 54.1 Å². The highest BCUT2D eigenvalue weighted by Crippen LogP contribution is 2.25. The van der Waals surface area contributed by atoms with E-state index in [9.17, 15) is 4.79 Å². The van der Waals surface area contributed by atoms with Crippen molar-refractivity contribution >= 4 is 17.4 Å². The zero-order chi connectivity index (χ0) is 16.8. The number of ketones is 1. The fourth-order valence-corrected chi connectivity index (χ4v) is 2.64. The maximum Gasteiger partial charge on any atom is 0.193 e. The quantitative estimate of drug-likeness (QED) is 0.770. The number of halogens is 1. The van der Waals surface area contributed by atoms with Gasteiger partial charge >= 0.3 is 0 Å². The first-order valence-corrected chi connectivity index (χ1v) is 8.08. The van der Waals surface area contributed by atoms with Crippen LogP contribution in [0.3, 0.4) is 0 Å². The second kappa shape index (κ2) is 8.25. The molecule has 0 aliphatic carbocycles. The molecule has 0 heterocycles. The summed E-state index contributed by atoms with van der Waals surface area (Å²) in [4.78, 5) is 12.9. The maximum atomic E-state index is 12.9. The third-order valence-electron chi connectivity index (χ3n) is 3.58. The van der Waals surface area contributed by atoms with Crippen LogP contribution < -0.4 is 5.32 Å². The van der Waals surface area contributed by atoms with Gasteiger partial charge in [0.2, 0.25) is 0 Å². The standard InChI is InChI=1S/C19H22ClNO2/c1-13(2)23-19(18(22)15-7-5-4-6-8-15)17(21-3)14-9-11-16(20)12-10-14/h4-13,17,19,21H,1-3H3. The van der Waals surface area contributed by atoms with Gasteiger partial charge in [-0.2, -0.15) is 0 Å². The molecular formula is C19H22ClNO2. The van der Waals surface area contributed by atoms with E-state index in [2.05, 4.69) is 5.32 Å². The molecule has 2 aromatic rings. The molecule has 0 aromatic heterocycles. The molecule has 4 heteroatoms. The smallest absolute Gasteiger partial charge is 0.193 e. The number of rotatable bonds is 7. The van der Waals surface area contributed by atoms with Gasteiger partial charge in [0.1, 0.15) is 6.10 Å². The van der Waals surface area contributed by atoms with Crippen LogP contribution in [0.15, 0.2) is 54.6 Å². The second-order valence-electron chi connectivity index (χ2n) is 5.65. The molecular weight excluding hydrogens is 310 g/mol. The lowest BCUT2D eigenvalue weighted by molar-refractivity contribution is -0.00344. The number of Topliss-reactive ketones (excluding diaryl/α,β-unsaturated/α-hetero) is 1. The molecule has 2 aromatic carbocycles. The Hall–Kier alpha value is -1.68. The normalized spacial score (nSPS) is 13.8. The van der Waals surface area contributed by atoms with Gasteiger partial charge < -0.3 is 10.1 Å². The Morgan fingerprint density at radius 1 is 1.04 bits per heavy atom. The number of hydrogen-bond donors (Lipinski definition) is 1.